The summed E-state index contributed by atoms with van der Waals surface area (Å²) in [6, 6.07) is 7.97. The Morgan fingerprint density at radius 1 is 1.44 bits per heavy atom. The molecule has 1 nitrogen and oxygen atoms in total. The zero-order chi connectivity index (χ0) is 11.8. The van der Waals surface area contributed by atoms with Crippen LogP contribution in [0.15, 0.2) is 36.4 Å². The lowest BCUT2D eigenvalue weighted by atomic mass is 9.69. The lowest BCUT2D eigenvalue weighted by Gasteiger charge is -2.33. The minimum Gasteiger partial charge on any atom is -0.294 e. The lowest BCUT2D eigenvalue weighted by molar-refractivity contribution is 0.0784. The largest absolute Gasteiger partial charge is 0.294 e. The summed E-state index contributed by atoms with van der Waals surface area (Å²) >= 11 is 0. The van der Waals surface area contributed by atoms with Crippen molar-refractivity contribution in [3.63, 3.8) is 0 Å². The molecule has 1 unspecified atom stereocenters. The molecule has 1 aliphatic carbocycles. The number of hydrogen-bond donors (Lipinski definition) is 0. The van der Waals surface area contributed by atoms with Crippen molar-refractivity contribution in [2.24, 2.45) is 5.41 Å². The molecule has 0 radical (unpaired) electrons. The number of allylic oxidation sites excluding steroid dienone is 1. The van der Waals surface area contributed by atoms with E-state index in [-0.39, 0.29) is 11.2 Å². The van der Waals surface area contributed by atoms with Crippen molar-refractivity contribution in [3.05, 3.63) is 47.5 Å². The van der Waals surface area contributed by atoms with Gasteiger partial charge < -0.3 is 0 Å². The Morgan fingerprint density at radius 3 is 2.81 bits per heavy atom. The van der Waals surface area contributed by atoms with Crippen molar-refractivity contribution in [1.29, 1.82) is 0 Å². The van der Waals surface area contributed by atoms with Crippen LogP contribution in [0.25, 0.3) is 0 Å². The number of fused-ring (bicyclic) bond motifs is 1. The summed E-state index contributed by atoms with van der Waals surface area (Å²) in [5.74, 6) is 0.289. The van der Waals surface area contributed by atoms with E-state index in [2.05, 4.69) is 19.6 Å². The van der Waals surface area contributed by atoms with Crippen LogP contribution in [-0.2, 0) is 6.42 Å². The molecule has 0 aromatic heterocycles. The molecule has 84 valence electrons. The van der Waals surface area contributed by atoms with Crippen LogP contribution in [0.2, 0.25) is 0 Å². The first-order valence-corrected chi connectivity index (χ1v) is 5.80. The van der Waals surface area contributed by atoms with Gasteiger partial charge in [-0.05, 0) is 31.7 Å². The first-order valence-electron chi connectivity index (χ1n) is 5.80. The molecule has 16 heavy (non-hydrogen) atoms. The number of rotatable bonds is 2. The van der Waals surface area contributed by atoms with Crippen LogP contribution in [0.4, 0.5) is 0 Å². The molecule has 0 heterocycles. The van der Waals surface area contributed by atoms with Crippen molar-refractivity contribution >= 4 is 5.78 Å². The standard InChI is InChI=1S/C15H18O/c1-11(2)10-15(3)9-8-12-6-4-5-7-13(12)14(15)16/h4-7H,1,8-10H2,2-3H3. The average Bonchev–Trinajstić information content (AvgIpc) is 2.24. The molecule has 1 aliphatic rings. The number of carbonyl (C=O) groups excluding carboxylic acids is 1. The molecule has 0 N–H and O–H groups in total. The third-order valence-electron chi connectivity index (χ3n) is 3.45. The molecule has 0 bridgehead atoms. The fourth-order valence-electron chi connectivity index (χ4n) is 2.64. The maximum absolute atomic E-state index is 12.4. The molecule has 0 fully saturated rings. The van der Waals surface area contributed by atoms with Crippen molar-refractivity contribution in [3.8, 4) is 0 Å². The maximum atomic E-state index is 12.4. The topological polar surface area (TPSA) is 17.1 Å². The van der Waals surface area contributed by atoms with Gasteiger partial charge in [0.15, 0.2) is 5.78 Å². The normalized spacial score (nSPS) is 24.0. The first-order chi connectivity index (χ1) is 7.53. The van der Waals surface area contributed by atoms with Gasteiger partial charge in [0, 0.05) is 11.0 Å². The quantitative estimate of drug-likeness (QED) is 0.684. The maximum Gasteiger partial charge on any atom is 0.169 e. The van der Waals surface area contributed by atoms with Crippen LogP contribution in [0.3, 0.4) is 0 Å². The number of benzene rings is 1. The molecular weight excluding hydrogens is 196 g/mol. The van der Waals surface area contributed by atoms with Crippen molar-refractivity contribution in [2.45, 2.75) is 33.1 Å². The Balaban J connectivity index is 2.37. The third-order valence-corrected chi connectivity index (χ3v) is 3.45. The molecule has 1 aromatic carbocycles. The van der Waals surface area contributed by atoms with E-state index >= 15 is 0 Å². The molecule has 0 saturated heterocycles. The summed E-state index contributed by atoms with van der Waals surface area (Å²) < 4.78 is 0. The molecule has 2 rings (SSSR count). The Labute approximate surface area is 97.2 Å². The van der Waals surface area contributed by atoms with Crippen LogP contribution < -0.4 is 0 Å². The van der Waals surface area contributed by atoms with Crippen molar-refractivity contribution in [1.82, 2.24) is 0 Å². The molecule has 1 atom stereocenters. The summed E-state index contributed by atoms with van der Waals surface area (Å²) in [4.78, 5) is 12.4. The highest BCUT2D eigenvalue weighted by molar-refractivity contribution is 6.02. The number of aryl methyl sites for hydroxylation is 1. The summed E-state index contributed by atoms with van der Waals surface area (Å²) in [6.45, 7) is 8.00. The Morgan fingerprint density at radius 2 is 2.12 bits per heavy atom. The predicted octanol–water partition coefficient (Wildman–Crippen LogP) is 3.79. The molecule has 1 heteroatoms. The van der Waals surface area contributed by atoms with Gasteiger partial charge in [-0.25, -0.2) is 0 Å². The smallest absolute Gasteiger partial charge is 0.169 e. The Kier molecular flexibility index (Phi) is 2.71. The van der Waals surface area contributed by atoms with E-state index in [0.29, 0.717) is 0 Å². The van der Waals surface area contributed by atoms with E-state index < -0.39 is 0 Å². The van der Waals surface area contributed by atoms with E-state index in [1.54, 1.807) is 0 Å². The molecule has 0 amide bonds. The second kappa shape index (κ2) is 3.89. The number of carbonyl (C=O) groups is 1. The van der Waals surface area contributed by atoms with Crippen LogP contribution in [0, 0.1) is 5.41 Å². The molecular formula is C15H18O. The summed E-state index contributed by atoms with van der Waals surface area (Å²) in [5.41, 5.74) is 2.97. The summed E-state index contributed by atoms with van der Waals surface area (Å²) in [6.07, 6.45) is 2.75. The SMILES string of the molecule is C=C(C)CC1(C)CCc2ccccc2C1=O. The Bertz CT molecular complexity index is 445. The number of hydrogen-bond acceptors (Lipinski definition) is 1. The van der Waals surface area contributed by atoms with Gasteiger partial charge in [0.1, 0.15) is 0 Å². The van der Waals surface area contributed by atoms with Gasteiger partial charge in [-0.3, -0.25) is 4.79 Å². The van der Waals surface area contributed by atoms with Gasteiger partial charge in [-0.15, -0.1) is 6.58 Å². The lowest BCUT2D eigenvalue weighted by Crippen LogP contribution is -2.33. The minimum absolute atomic E-state index is 0.236. The Hall–Kier alpha value is -1.37. The highest BCUT2D eigenvalue weighted by Crippen LogP contribution is 2.39. The predicted molar refractivity (Wildman–Crippen MR) is 66.6 cm³/mol. The molecule has 1 aromatic rings. The van der Waals surface area contributed by atoms with Gasteiger partial charge in [0.25, 0.3) is 0 Å². The number of ketones is 1. The van der Waals surface area contributed by atoms with Crippen LogP contribution >= 0.6 is 0 Å². The second-order valence-electron chi connectivity index (χ2n) is 5.18. The third kappa shape index (κ3) is 1.82. The van der Waals surface area contributed by atoms with E-state index in [0.717, 1.165) is 30.4 Å². The van der Waals surface area contributed by atoms with E-state index in [4.69, 9.17) is 0 Å². The molecule has 0 saturated carbocycles. The molecule has 0 spiro atoms. The van der Waals surface area contributed by atoms with Gasteiger partial charge in [-0.1, -0.05) is 36.8 Å². The highest BCUT2D eigenvalue weighted by Gasteiger charge is 2.37. The highest BCUT2D eigenvalue weighted by atomic mass is 16.1. The average molecular weight is 214 g/mol. The van der Waals surface area contributed by atoms with Crippen LogP contribution in [0.5, 0.6) is 0 Å². The fourth-order valence-corrected chi connectivity index (χ4v) is 2.64. The number of Topliss-reactive ketones (excluding diaryl/α,β-unsaturated/α-hetero) is 1. The summed E-state index contributed by atoms with van der Waals surface area (Å²) in [5, 5.41) is 0. The molecule has 0 aliphatic heterocycles. The van der Waals surface area contributed by atoms with E-state index in [1.165, 1.54) is 5.56 Å². The monoisotopic (exact) mass is 214 g/mol. The van der Waals surface area contributed by atoms with Gasteiger partial charge in [0.2, 0.25) is 0 Å². The van der Waals surface area contributed by atoms with Crippen molar-refractivity contribution in [2.75, 3.05) is 0 Å². The van der Waals surface area contributed by atoms with Gasteiger partial charge >= 0.3 is 0 Å². The van der Waals surface area contributed by atoms with E-state index in [1.807, 2.05) is 25.1 Å². The first kappa shape index (κ1) is 11.1. The van der Waals surface area contributed by atoms with Gasteiger partial charge in [0.05, 0.1) is 0 Å². The zero-order valence-corrected chi connectivity index (χ0v) is 10.0. The summed E-state index contributed by atoms with van der Waals surface area (Å²) in [7, 11) is 0. The van der Waals surface area contributed by atoms with Gasteiger partial charge in [-0.2, -0.15) is 0 Å². The van der Waals surface area contributed by atoms with E-state index in [9.17, 15) is 4.79 Å². The zero-order valence-electron chi connectivity index (χ0n) is 10.0. The second-order valence-corrected chi connectivity index (χ2v) is 5.18. The van der Waals surface area contributed by atoms with Crippen LogP contribution in [-0.4, -0.2) is 5.78 Å². The van der Waals surface area contributed by atoms with Crippen molar-refractivity contribution < 1.29 is 4.79 Å². The van der Waals surface area contributed by atoms with Crippen LogP contribution in [0.1, 0.15) is 42.6 Å². The fraction of sp³-hybridized carbons (Fsp3) is 0.400. The minimum atomic E-state index is -0.236.